The van der Waals surface area contributed by atoms with E-state index in [4.69, 9.17) is 28.3 Å². The van der Waals surface area contributed by atoms with Crippen LogP contribution in [0.4, 0.5) is 10.5 Å². The van der Waals surface area contributed by atoms with Crippen LogP contribution in [-0.4, -0.2) is 35.7 Å². The Bertz CT molecular complexity index is 425. The van der Waals surface area contributed by atoms with E-state index in [-0.39, 0.29) is 6.03 Å². The number of aliphatic hydroxyl groups is 1. The average Bonchev–Trinajstić information content (AvgIpc) is 2.30. The first-order chi connectivity index (χ1) is 8.40. The number of nitrogens with one attached hydrogen (secondary N) is 1. The smallest absolute Gasteiger partial charge is 0.321 e. The third-order valence-corrected chi connectivity index (χ3v) is 2.96. The second-order valence-electron chi connectivity index (χ2n) is 4.11. The van der Waals surface area contributed by atoms with Gasteiger partial charge >= 0.3 is 6.03 Å². The quantitative estimate of drug-likeness (QED) is 0.894. The van der Waals surface area contributed by atoms with Crippen LogP contribution in [0.3, 0.4) is 0 Å². The minimum absolute atomic E-state index is 0.292. The average molecular weight is 291 g/mol. The summed E-state index contributed by atoms with van der Waals surface area (Å²) in [6.07, 6.45) is 0.0859. The van der Waals surface area contributed by atoms with Crippen LogP contribution >= 0.6 is 23.2 Å². The molecule has 0 aliphatic heterocycles. The third kappa shape index (κ3) is 4.72. The standard InChI is InChI=1S/C12H16Cl2N2O2/c1-8(17)5-6-16(2)12(18)15-11-7-9(13)3-4-10(11)14/h3-4,7-8,17H,5-6H2,1-2H3,(H,15,18). The molecule has 0 aromatic heterocycles. The first-order valence-electron chi connectivity index (χ1n) is 5.55. The number of carbonyl (C=O) groups is 1. The number of aliphatic hydroxyl groups excluding tert-OH is 1. The van der Waals surface area contributed by atoms with Crippen molar-refractivity contribution in [2.75, 3.05) is 18.9 Å². The molecule has 1 rings (SSSR count). The van der Waals surface area contributed by atoms with Crippen LogP contribution in [-0.2, 0) is 0 Å². The zero-order valence-corrected chi connectivity index (χ0v) is 11.8. The van der Waals surface area contributed by atoms with E-state index < -0.39 is 6.10 Å². The summed E-state index contributed by atoms with van der Waals surface area (Å²) in [6, 6.07) is 4.57. The fourth-order valence-corrected chi connectivity index (χ4v) is 1.62. The van der Waals surface area contributed by atoms with Gasteiger partial charge in [0.25, 0.3) is 0 Å². The van der Waals surface area contributed by atoms with E-state index in [0.717, 1.165) is 0 Å². The molecule has 0 aliphatic rings. The Labute approximate surface area is 116 Å². The number of nitrogens with zero attached hydrogens (tertiary/aromatic N) is 1. The highest BCUT2D eigenvalue weighted by atomic mass is 35.5. The van der Waals surface area contributed by atoms with E-state index in [1.165, 1.54) is 4.90 Å². The second kappa shape index (κ2) is 6.83. The van der Waals surface area contributed by atoms with Gasteiger partial charge in [-0.05, 0) is 31.5 Å². The van der Waals surface area contributed by atoms with Crippen molar-refractivity contribution in [2.24, 2.45) is 0 Å². The summed E-state index contributed by atoms with van der Waals surface area (Å²) in [6.45, 7) is 2.14. The molecular formula is C12H16Cl2N2O2. The Hall–Kier alpha value is -0.970. The van der Waals surface area contributed by atoms with Crippen LogP contribution < -0.4 is 5.32 Å². The van der Waals surface area contributed by atoms with Crippen molar-refractivity contribution in [3.8, 4) is 0 Å². The molecule has 1 aromatic rings. The van der Waals surface area contributed by atoms with Gasteiger partial charge in [-0.25, -0.2) is 4.79 Å². The molecule has 4 nitrogen and oxygen atoms in total. The van der Waals surface area contributed by atoms with Gasteiger partial charge < -0.3 is 15.3 Å². The van der Waals surface area contributed by atoms with Crippen molar-refractivity contribution < 1.29 is 9.90 Å². The topological polar surface area (TPSA) is 52.6 Å². The summed E-state index contributed by atoms with van der Waals surface area (Å²) in [7, 11) is 1.65. The predicted molar refractivity (Wildman–Crippen MR) is 74.4 cm³/mol. The molecular weight excluding hydrogens is 275 g/mol. The minimum atomic E-state index is -0.435. The van der Waals surface area contributed by atoms with Crippen LogP contribution in [0, 0.1) is 0 Å². The van der Waals surface area contributed by atoms with Crippen molar-refractivity contribution in [2.45, 2.75) is 19.4 Å². The molecule has 0 radical (unpaired) electrons. The number of anilines is 1. The Morgan fingerprint density at radius 2 is 2.17 bits per heavy atom. The van der Waals surface area contributed by atoms with Gasteiger partial charge in [-0.15, -0.1) is 0 Å². The minimum Gasteiger partial charge on any atom is -0.393 e. The highest BCUT2D eigenvalue weighted by molar-refractivity contribution is 6.35. The maximum absolute atomic E-state index is 11.8. The van der Waals surface area contributed by atoms with E-state index in [9.17, 15) is 4.79 Å². The number of benzene rings is 1. The van der Waals surface area contributed by atoms with Gasteiger partial charge in [-0.2, -0.15) is 0 Å². The molecule has 1 atom stereocenters. The number of urea groups is 1. The number of hydrogen-bond donors (Lipinski definition) is 2. The normalized spacial score (nSPS) is 12.1. The van der Waals surface area contributed by atoms with Crippen LogP contribution in [0.25, 0.3) is 0 Å². The monoisotopic (exact) mass is 290 g/mol. The van der Waals surface area contributed by atoms with Gasteiger partial charge in [-0.3, -0.25) is 0 Å². The summed E-state index contributed by atoms with van der Waals surface area (Å²) in [5.41, 5.74) is 0.470. The lowest BCUT2D eigenvalue weighted by Crippen LogP contribution is -2.33. The first-order valence-corrected chi connectivity index (χ1v) is 6.31. The molecule has 0 aliphatic carbocycles. The Morgan fingerprint density at radius 1 is 1.50 bits per heavy atom. The van der Waals surface area contributed by atoms with E-state index >= 15 is 0 Å². The lowest BCUT2D eigenvalue weighted by atomic mass is 10.3. The van der Waals surface area contributed by atoms with Crippen molar-refractivity contribution in [3.05, 3.63) is 28.2 Å². The predicted octanol–water partition coefficient (Wildman–Crippen LogP) is 3.23. The molecule has 1 aromatic carbocycles. The zero-order chi connectivity index (χ0) is 13.7. The third-order valence-electron chi connectivity index (χ3n) is 2.40. The SMILES string of the molecule is CC(O)CCN(C)C(=O)Nc1cc(Cl)ccc1Cl. The zero-order valence-electron chi connectivity index (χ0n) is 10.3. The highest BCUT2D eigenvalue weighted by Crippen LogP contribution is 2.25. The van der Waals surface area contributed by atoms with Crippen molar-refractivity contribution in [3.63, 3.8) is 0 Å². The van der Waals surface area contributed by atoms with Crippen LogP contribution in [0.1, 0.15) is 13.3 Å². The molecule has 0 fully saturated rings. The second-order valence-corrected chi connectivity index (χ2v) is 4.96. The van der Waals surface area contributed by atoms with Gasteiger partial charge in [0.05, 0.1) is 16.8 Å². The summed E-state index contributed by atoms with van der Waals surface area (Å²) in [5.74, 6) is 0. The molecule has 0 heterocycles. The van der Waals surface area contributed by atoms with Gasteiger partial charge in [0.2, 0.25) is 0 Å². The van der Waals surface area contributed by atoms with Crippen LogP contribution in [0.5, 0.6) is 0 Å². The molecule has 100 valence electrons. The largest absolute Gasteiger partial charge is 0.393 e. The molecule has 6 heteroatoms. The molecule has 2 N–H and O–H groups in total. The van der Waals surface area contributed by atoms with Gasteiger partial charge in [-0.1, -0.05) is 23.2 Å². The summed E-state index contributed by atoms with van der Waals surface area (Å²) < 4.78 is 0. The number of hydrogen-bond acceptors (Lipinski definition) is 2. The van der Waals surface area contributed by atoms with E-state index in [1.54, 1.807) is 32.2 Å². The van der Waals surface area contributed by atoms with Gasteiger partial charge in [0, 0.05) is 18.6 Å². The maximum Gasteiger partial charge on any atom is 0.321 e. The molecule has 0 saturated heterocycles. The Kier molecular flexibility index (Phi) is 5.72. The number of carbonyl (C=O) groups excluding carboxylic acids is 1. The summed E-state index contributed by atoms with van der Waals surface area (Å²) in [5, 5.41) is 12.7. The van der Waals surface area contributed by atoms with Crippen molar-refractivity contribution in [1.29, 1.82) is 0 Å². The molecule has 2 amide bonds. The highest BCUT2D eigenvalue weighted by Gasteiger charge is 2.11. The molecule has 18 heavy (non-hydrogen) atoms. The van der Waals surface area contributed by atoms with E-state index in [1.807, 2.05) is 0 Å². The first kappa shape index (κ1) is 15.1. The van der Waals surface area contributed by atoms with Crippen LogP contribution in [0.2, 0.25) is 10.0 Å². The molecule has 0 bridgehead atoms. The van der Waals surface area contributed by atoms with Gasteiger partial charge in [0.1, 0.15) is 0 Å². The molecule has 1 unspecified atom stereocenters. The summed E-state index contributed by atoms with van der Waals surface area (Å²) in [4.78, 5) is 13.3. The number of halogens is 2. The maximum atomic E-state index is 11.8. The fourth-order valence-electron chi connectivity index (χ4n) is 1.29. The summed E-state index contributed by atoms with van der Waals surface area (Å²) >= 11 is 11.8. The van der Waals surface area contributed by atoms with Crippen molar-refractivity contribution in [1.82, 2.24) is 4.90 Å². The van der Waals surface area contributed by atoms with Crippen molar-refractivity contribution >= 4 is 34.9 Å². The number of rotatable bonds is 4. The molecule has 0 saturated carbocycles. The Balaban J connectivity index is 2.61. The van der Waals surface area contributed by atoms with E-state index in [0.29, 0.717) is 28.7 Å². The lowest BCUT2D eigenvalue weighted by molar-refractivity contribution is 0.167. The fraction of sp³-hybridized carbons (Fsp3) is 0.417. The number of amides is 2. The van der Waals surface area contributed by atoms with E-state index in [2.05, 4.69) is 5.32 Å². The Morgan fingerprint density at radius 3 is 2.78 bits per heavy atom. The van der Waals surface area contributed by atoms with Crippen LogP contribution in [0.15, 0.2) is 18.2 Å². The lowest BCUT2D eigenvalue weighted by Gasteiger charge is -2.19. The molecule has 0 spiro atoms. The van der Waals surface area contributed by atoms with Gasteiger partial charge in [0.15, 0.2) is 0 Å².